The van der Waals surface area contributed by atoms with Gasteiger partial charge in [0, 0.05) is 19.2 Å². The highest BCUT2D eigenvalue weighted by Gasteiger charge is 2.26. The molecule has 1 saturated heterocycles. The number of pyridine rings is 1. The summed E-state index contributed by atoms with van der Waals surface area (Å²) < 4.78 is 46.1. The molecule has 168 valence electrons. The molecule has 0 radical (unpaired) electrons. The molecule has 0 bridgehead atoms. The molecular formula is C20H25F3N6O2. The molecule has 0 spiro atoms. The lowest BCUT2D eigenvalue weighted by atomic mass is 10.0. The molecule has 1 unspecified atom stereocenters. The van der Waals surface area contributed by atoms with Gasteiger partial charge in [0.05, 0.1) is 25.1 Å². The Kier molecular flexibility index (Phi) is 6.37. The number of anilines is 1. The van der Waals surface area contributed by atoms with Crippen LogP contribution in [-0.4, -0.2) is 63.0 Å². The van der Waals surface area contributed by atoms with Gasteiger partial charge < -0.3 is 20.5 Å². The number of nitrogens with zero attached hydrogens (tertiary/aromatic N) is 5. The zero-order chi connectivity index (χ0) is 22.9. The van der Waals surface area contributed by atoms with Crippen molar-refractivity contribution in [3.05, 3.63) is 35.8 Å². The number of hydrogen-bond donors (Lipinski definition) is 2. The zero-order valence-electron chi connectivity index (χ0n) is 17.7. The van der Waals surface area contributed by atoms with Gasteiger partial charge in [0.15, 0.2) is 28.8 Å². The number of ether oxygens (including phenoxy) is 1. The summed E-state index contributed by atoms with van der Waals surface area (Å²) in [5.74, 6) is -1.95. The lowest BCUT2D eigenvalue weighted by molar-refractivity contribution is 0.0707. The van der Waals surface area contributed by atoms with Crippen molar-refractivity contribution in [2.45, 2.75) is 32.0 Å². The molecule has 11 heteroatoms. The first kappa shape index (κ1) is 22.8. The van der Waals surface area contributed by atoms with Crippen molar-refractivity contribution in [3.8, 4) is 17.0 Å². The Morgan fingerprint density at radius 2 is 1.97 bits per heavy atom. The van der Waals surface area contributed by atoms with E-state index in [4.69, 9.17) is 10.5 Å². The fourth-order valence-corrected chi connectivity index (χ4v) is 3.20. The molecule has 3 N–H and O–H groups in total. The first-order chi connectivity index (χ1) is 14.5. The molecule has 1 fully saturated rings. The number of halogens is 3. The summed E-state index contributed by atoms with van der Waals surface area (Å²) in [6, 6.07) is 0.654. The Morgan fingerprint density at radius 3 is 2.48 bits per heavy atom. The van der Waals surface area contributed by atoms with Gasteiger partial charge in [-0.2, -0.15) is 5.10 Å². The van der Waals surface area contributed by atoms with Gasteiger partial charge in [-0.1, -0.05) is 0 Å². The van der Waals surface area contributed by atoms with E-state index in [1.165, 1.54) is 24.0 Å². The molecule has 3 aromatic heterocycles. The third-order valence-corrected chi connectivity index (χ3v) is 4.80. The summed E-state index contributed by atoms with van der Waals surface area (Å²) in [7, 11) is 3.38. The largest absolute Gasteiger partial charge is 0.493 e. The molecule has 1 aliphatic heterocycles. The van der Waals surface area contributed by atoms with E-state index in [9.17, 15) is 18.3 Å². The maximum atomic E-state index is 14.1. The predicted octanol–water partition coefficient (Wildman–Crippen LogP) is 2.55. The van der Waals surface area contributed by atoms with Crippen molar-refractivity contribution in [1.29, 1.82) is 0 Å². The normalized spacial score (nSPS) is 17.0. The molecule has 0 saturated carbocycles. The highest BCUT2D eigenvalue weighted by atomic mass is 19.1. The summed E-state index contributed by atoms with van der Waals surface area (Å²) in [5.41, 5.74) is 4.63. The van der Waals surface area contributed by atoms with E-state index in [0.717, 1.165) is 13.0 Å². The highest BCUT2D eigenvalue weighted by Crippen LogP contribution is 2.32. The first-order valence-corrected chi connectivity index (χ1v) is 9.61. The van der Waals surface area contributed by atoms with E-state index < -0.39 is 29.2 Å². The number of alkyl halides is 1. The number of nitrogen functional groups attached to an aromatic ring is 1. The summed E-state index contributed by atoms with van der Waals surface area (Å²) in [5, 5.41) is 14.3. The van der Waals surface area contributed by atoms with E-state index in [0.29, 0.717) is 18.4 Å². The van der Waals surface area contributed by atoms with Crippen LogP contribution in [0.3, 0.4) is 0 Å². The molecular weight excluding hydrogens is 413 g/mol. The molecule has 4 heterocycles. The molecule has 0 amide bonds. The third-order valence-electron chi connectivity index (χ3n) is 4.80. The number of methoxy groups -OCH3 is 1. The van der Waals surface area contributed by atoms with E-state index >= 15 is 0 Å². The topological polar surface area (TPSA) is 102 Å². The van der Waals surface area contributed by atoms with Crippen LogP contribution < -0.4 is 10.5 Å². The van der Waals surface area contributed by atoms with Crippen molar-refractivity contribution >= 4 is 11.5 Å². The third kappa shape index (κ3) is 4.88. The minimum absolute atomic E-state index is 0.178. The Bertz CT molecular complexity index is 1070. The molecule has 4 rings (SSSR count). The van der Waals surface area contributed by atoms with Gasteiger partial charge in [-0.15, -0.1) is 0 Å². The summed E-state index contributed by atoms with van der Waals surface area (Å²) >= 11 is 0. The van der Waals surface area contributed by atoms with Gasteiger partial charge in [0.25, 0.3) is 0 Å². The monoisotopic (exact) mass is 438 g/mol. The molecule has 31 heavy (non-hydrogen) atoms. The number of aromatic nitrogens is 4. The van der Waals surface area contributed by atoms with Crippen molar-refractivity contribution < 1.29 is 23.0 Å². The molecule has 8 nitrogen and oxygen atoms in total. The first-order valence-electron chi connectivity index (χ1n) is 9.61. The minimum Gasteiger partial charge on any atom is -0.493 e. The van der Waals surface area contributed by atoms with Crippen LogP contribution in [0, 0.1) is 11.6 Å². The Balaban J connectivity index is 0.000000330. The number of aliphatic hydroxyl groups is 1. The minimum atomic E-state index is -1.30. The fourth-order valence-electron chi connectivity index (χ4n) is 3.20. The second-order valence-electron chi connectivity index (χ2n) is 7.88. The van der Waals surface area contributed by atoms with Gasteiger partial charge in [-0.05, 0) is 27.3 Å². The van der Waals surface area contributed by atoms with Gasteiger partial charge in [-0.25, -0.2) is 27.7 Å². The standard InChI is InChI=1S/C15H15F2N5O2.C5H10FN/c1-15(2,23)12-10(24-3)6-22-14(21-12)7(5-19-22)11-8(16)4-9(17)13(18)20-11;1-7-3-2-5(6)4-7/h4-6,23H,1-3H3,(H2,18,20);5H,2-4H2,1H3. The number of rotatable bonds is 3. The predicted molar refractivity (Wildman–Crippen MR) is 109 cm³/mol. The van der Waals surface area contributed by atoms with Crippen LogP contribution >= 0.6 is 0 Å². The van der Waals surface area contributed by atoms with Gasteiger partial charge in [-0.3, -0.25) is 0 Å². The summed E-state index contributed by atoms with van der Waals surface area (Å²) in [4.78, 5) is 10.1. The quantitative estimate of drug-likeness (QED) is 0.648. The second-order valence-corrected chi connectivity index (χ2v) is 7.88. The Hall–Kier alpha value is -2.92. The fraction of sp³-hybridized carbons (Fsp3) is 0.450. The number of nitrogens with two attached hydrogens (primary N) is 1. The number of fused-ring (bicyclic) bond motifs is 1. The SMILES string of the molecule is CN1CCC(F)C1.COc1cn2ncc(-c3nc(N)c(F)cc3F)c2nc1C(C)(C)O. The Morgan fingerprint density at radius 1 is 1.26 bits per heavy atom. The van der Waals surface area contributed by atoms with Crippen LogP contribution in [-0.2, 0) is 5.60 Å². The maximum Gasteiger partial charge on any atom is 0.168 e. The van der Waals surface area contributed by atoms with Crippen LogP contribution in [0.4, 0.5) is 19.0 Å². The average Bonchev–Trinajstić information content (AvgIpc) is 3.28. The zero-order valence-corrected chi connectivity index (χ0v) is 17.7. The van der Waals surface area contributed by atoms with E-state index in [-0.39, 0.29) is 22.6 Å². The van der Waals surface area contributed by atoms with Crippen LogP contribution in [0.2, 0.25) is 0 Å². The smallest absolute Gasteiger partial charge is 0.168 e. The van der Waals surface area contributed by atoms with Crippen molar-refractivity contribution in [2.75, 3.05) is 33.0 Å². The number of hydrogen-bond acceptors (Lipinski definition) is 7. The van der Waals surface area contributed by atoms with Crippen LogP contribution in [0.25, 0.3) is 16.9 Å². The van der Waals surface area contributed by atoms with E-state index in [2.05, 4.69) is 15.1 Å². The van der Waals surface area contributed by atoms with Crippen LogP contribution in [0.5, 0.6) is 5.75 Å². The summed E-state index contributed by atoms with van der Waals surface area (Å²) in [6.45, 7) is 4.65. The van der Waals surface area contributed by atoms with Gasteiger partial charge in [0.1, 0.15) is 23.2 Å². The van der Waals surface area contributed by atoms with E-state index in [1.54, 1.807) is 13.8 Å². The lowest BCUT2D eigenvalue weighted by Crippen LogP contribution is -2.19. The van der Waals surface area contributed by atoms with Gasteiger partial charge in [0.2, 0.25) is 0 Å². The molecule has 0 aliphatic carbocycles. The van der Waals surface area contributed by atoms with Crippen molar-refractivity contribution in [3.63, 3.8) is 0 Å². The van der Waals surface area contributed by atoms with E-state index in [1.807, 2.05) is 11.9 Å². The van der Waals surface area contributed by atoms with Crippen LogP contribution in [0.1, 0.15) is 26.0 Å². The van der Waals surface area contributed by atoms with Gasteiger partial charge >= 0.3 is 0 Å². The molecule has 1 atom stereocenters. The number of likely N-dealkylation sites (tertiary alicyclic amines) is 1. The maximum absolute atomic E-state index is 14.1. The van der Waals surface area contributed by atoms with Crippen LogP contribution in [0.15, 0.2) is 18.5 Å². The summed E-state index contributed by atoms with van der Waals surface area (Å²) in [6.07, 6.45) is 3.02. The lowest BCUT2D eigenvalue weighted by Gasteiger charge is -2.19. The average molecular weight is 438 g/mol. The van der Waals surface area contributed by atoms with Crippen molar-refractivity contribution in [1.82, 2.24) is 24.5 Å². The molecule has 0 aromatic carbocycles. The highest BCUT2D eigenvalue weighted by molar-refractivity contribution is 5.76. The molecule has 3 aromatic rings. The van der Waals surface area contributed by atoms with Crippen molar-refractivity contribution in [2.24, 2.45) is 0 Å². The second kappa shape index (κ2) is 8.67. The molecule has 1 aliphatic rings. The Labute approximate surface area is 177 Å².